The summed E-state index contributed by atoms with van der Waals surface area (Å²) in [5.74, 6) is -1.19. The molecular formula is C26H21ClFN5O3. The SMILES string of the molecule is O=C(NCC1CCO1)c1cc(NC(=O)c2cc(-c3ncccc3F)ccc2Cl)n(-c2ccccc2)n1. The number of benzene rings is 2. The predicted molar refractivity (Wildman–Crippen MR) is 133 cm³/mol. The molecule has 1 saturated heterocycles. The molecule has 4 aromatic rings. The maximum Gasteiger partial charge on any atom is 0.271 e. The number of pyridine rings is 1. The zero-order valence-electron chi connectivity index (χ0n) is 18.9. The third kappa shape index (κ3) is 4.98. The Morgan fingerprint density at radius 1 is 1.08 bits per heavy atom. The Morgan fingerprint density at radius 2 is 1.89 bits per heavy atom. The predicted octanol–water partition coefficient (Wildman–Crippen LogP) is 4.50. The molecule has 2 amide bonds. The molecule has 3 heterocycles. The van der Waals surface area contributed by atoms with E-state index in [0.29, 0.717) is 24.4 Å². The average molecular weight is 506 g/mol. The molecule has 0 spiro atoms. The van der Waals surface area contributed by atoms with E-state index in [1.807, 2.05) is 18.2 Å². The molecule has 1 fully saturated rings. The topological polar surface area (TPSA) is 98.1 Å². The van der Waals surface area contributed by atoms with Crippen molar-refractivity contribution in [1.82, 2.24) is 20.1 Å². The highest BCUT2D eigenvalue weighted by molar-refractivity contribution is 6.34. The molecule has 2 N–H and O–H groups in total. The summed E-state index contributed by atoms with van der Waals surface area (Å²) in [7, 11) is 0. The molecule has 182 valence electrons. The van der Waals surface area contributed by atoms with Crippen LogP contribution in [-0.4, -0.2) is 45.8 Å². The molecule has 1 atom stereocenters. The van der Waals surface area contributed by atoms with Crippen LogP contribution in [0.2, 0.25) is 5.02 Å². The third-order valence-electron chi connectivity index (χ3n) is 5.71. The molecule has 0 aliphatic carbocycles. The Hall–Kier alpha value is -4.08. The maximum absolute atomic E-state index is 14.3. The van der Waals surface area contributed by atoms with Crippen molar-refractivity contribution < 1.29 is 18.7 Å². The van der Waals surface area contributed by atoms with Gasteiger partial charge in [-0.25, -0.2) is 9.07 Å². The second-order valence-corrected chi connectivity index (χ2v) is 8.54. The van der Waals surface area contributed by atoms with E-state index in [1.165, 1.54) is 41.2 Å². The van der Waals surface area contributed by atoms with Crippen LogP contribution in [-0.2, 0) is 4.74 Å². The Morgan fingerprint density at radius 3 is 2.61 bits per heavy atom. The lowest BCUT2D eigenvalue weighted by Crippen LogP contribution is -2.39. The lowest BCUT2D eigenvalue weighted by Gasteiger charge is -2.26. The van der Waals surface area contributed by atoms with Gasteiger partial charge in [0.15, 0.2) is 5.69 Å². The molecule has 1 unspecified atom stereocenters. The number of ether oxygens (including phenoxy) is 1. The maximum atomic E-state index is 14.3. The summed E-state index contributed by atoms with van der Waals surface area (Å²) in [6.07, 6.45) is 2.36. The van der Waals surface area contributed by atoms with Gasteiger partial charge in [-0.15, -0.1) is 0 Å². The van der Waals surface area contributed by atoms with E-state index in [1.54, 1.807) is 18.2 Å². The van der Waals surface area contributed by atoms with Gasteiger partial charge in [-0.3, -0.25) is 14.6 Å². The van der Waals surface area contributed by atoms with Crippen LogP contribution in [0, 0.1) is 5.82 Å². The molecule has 8 nitrogen and oxygen atoms in total. The molecule has 36 heavy (non-hydrogen) atoms. The monoisotopic (exact) mass is 505 g/mol. The van der Waals surface area contributed by atoms with Crippen molar-refractivity contribution in [3.05, 3.63) is 95.0 Å². The number of hydrogen-bond acceptors (Lipinski definition) is 5. The Balaban J connectivity index is 1.44. The van der Waals surface area contributed by atoms with E-state index in [-0.39, 0.29) is 39.8 Å². The van der Waals surface area contributed by atoms with Gasteiger partial charge in [0, 0.05) is 31.0 Å². The van der Waals surface area contributed by atoms with Crippen LogP contribution in [0.4, 0.5) is 10.2 Å². The normalized spacial score (nSPS) is 14.7. The summed E-state index contributed by atoms with van der Waals surface area (Å²) >= 11 is 6.31. The number of para-hydroxylation sites is 1. The van der Waals surface area contributed by atoms with E-state index in [0.717, 1.165) is 6.42 Å². The average Bonchev–Trinajstić information content (AvgIpc) is 3.28. The summed E-state index contributed by atoms with van der Waals surface area (Å²) in [4.78, 5) is 30.0. The summed E-state index contributed by atoms with van der Waals surface area (Å²) in [5.41, 5.74) is 1.39. The van der Waals surface area contributed by atoms with Crippen molar-refractivity contribution >= 4 is 29.2 Å². The molecule has 2 aromatic heterocycles. The number of aromatic nitrogens is 3. The van der Waals surface area contributed by atoms with Gasteiger partial charge in [-0.2, -0.15) is 5.10 Å². The molecule has 10 heteroatoms. The second-order valence-electron chi connectivity index (χ2n) is 8.14. The van der Waals surface area contributed by atoms with Crippen LogP contribution in [0.25, 0.3) is 16.9 Å². The lowest BCUT2D eigenvalue weighted by molar-refractivity contribution is -0.0473. The fraction of sp³-hybridized carbons (Fsp3) is 0.154. The highest BCUT2D eigenvalue weighted by atomic mass is 35.5. The van der Waals surface area contributed by atoms with Crippen LogP contribution >= 0.6 is 11.6 Å². The number of carbonyl (C=O) groups is 2. The number of amides is 2. The van der Waals surface area contributed by atoms with E-state index < -0.39 is 11.7 Å². The number of nitrogens with one attached hydrogen (secondary N) is 2. The number of halogens is 2. The minimum atomic E-state index is -0.551. The first-order chi connectivity index (χ1) is 17.5. The van der Waals surface area contributed by atoms with Gasteiger partial charge in [-0.05, 0) is 42.8 Å². The van der Waals surface area contributed by atoms with Crippen molar-refractivity contribution in [1.29, 1.82) is 0 Å². The lowest BCUT2D eigenvalue weighted by atomic mass is 10.1. The van der Waals surface area contributed by atoms with Crippen LogP contribution in [0.1, 0.15) is 27.3 Å². The van der Waals surface area contributed by atoms with Crippen molar-refractivity contribution in [3.63, 3.8) is 0 Å². The van der Waals surface area contributed by atoms with Crippen LogP contribution in [0.15, 0.2) is 72.9 Å². The minimum absolute atomic E-state index is 0.00249. The molecule has 1 aliphatic rings. The second kappa shape index (κ2) is 10.3. The first kappa shape index (κ1) is 23.7. The summed E-state index contributed by atoms with van der Waals surface area (Å²) in [5, 5.41) is 10.2. The zero-order valence-corrected chi connectivity index (χ0v) is 19.7. The van der Waals surface area contributed by atoms with Gasteiger partial charge >= 0.3 is 0 Å². The number of hydrogen-bond donors (Lipinski definition) is 2. The smallest absolute Gasteiger partial charge is 0.271 e. The van der Waals surface area contributed by atoms with Gasteiger partial charge in [0.2, 0.25) is 0 Å². The molecule has 2 aromatic carbocycles. The standard InChI is InChI=1S/C26H21ClFN5O3/c27-20-9-8-16(24-21(28)7-4-11-29-24)13-19(20)25(34)31-23-14-22(26(35)30-15-18-10-12-36-18)32-33(23)17-5-2-1-3-6-17/h1-9,11,13-14,18H,10,12,15H2,(H,30,35)(H,31,34). The molecule has 5 rings (SSSR count). The summed E-state index contributed by atoms with van der Waals surface area (Å²) in [6.45, 7) is 1.07. The number of carbonyl (C=O) groups excluding carboxylic acids is 2. The van der Waals surface area contributed by atoms with Crippen LogP contribution < -0.4 is 10.6 Å². The quantitative estimate of drug-likeness (QED) is 0.385. The zero-order chi connectivity index (χ0) is 25.1. The van der Waals surface area contributed by atoms with Crippen LogP contribution in [0.3, 0.4) is 0 Å². The van der Waals surface area contributed by atoms with Crippen molar-refractivity contribution in [2.75, 3.05) is 18.5 Å². The Kier molecular flexibility index (Phi) is 6.75. The van der Waals surface area contributed by atoms with E-state index in [9.17, 15) is 14.0 Å². The van der Waals surface area contributed by atoms with Crippen LogP contribution in [0.5, 0.6) is 0 Å². The van der Waals surface area contributed by atoms with E-state index in [4.69, 9.17) is 16.3 Å². The molecule has 0 radical (unpaired) electrons. The van der Waals surface area contributed by atoms with Crippen molar-refractivity contribution in [2.24, 2.45) is 0 Å². The van der Waals surface area contributed by atoms with Gasteiger partial charge in [0.1, 0.15) is 17.3 Å². The molecule has 1 aliphatic heterocycles. The van der Waals surface area contributed by atoms with Gasteiger partial charge in [0.25, 0.3) is 11.8 Å². The first-order valence-corrected chi connectivity index (χ1v) is 11.6. The van der Waals surface area contributed by atoms with E-state index >= 15 is 0 Å². The van der Waals surface area contributed by atoms with Crippen molar-refractivity contribution in [2.45, 2.75) is 12.5 Å². The fourth-order valence-electron chi connectivity index (χ4n) is 3.72. The number of nitrogens with zero attached hydrogens (tertiary/aromatic N) is 3. The summed E-state index contributed by atoms with van der Waals surface area (Å²) in [6, 6.07) is 17.9. The first-order valence-electron chi connectivity index (χ1n) is 11.3. The Labute approximate surface area is 211 Å². The summed E-state index contributed by atoms with van der Waals surface area (Å²) < 4.78 is 21.1. The molecule has 0 bridgehead atoms. The minimum Gasteiger partial charge on any atom is -0.376 e. The number of anilines is 1. The third-order valence-corrected chi connectivity index (χ3v) is 6.04. The molecule has 0 saturated carbocycles. The van der Waals surface area contributed by atoms with Gasteiger partial charge in [-0.1, -0.05) is 35.9 Å². The van der Waals surface area contributed by atoms with Gasteiger partial charge in [0.05, 0.1) is 22.4 Å². The number of rotatable bonds is 7. The van der Waals surface area contributed by atoms with E-state index in [2.05, 4.69) is 20.7 Å². The highest BCUT2D eigenvalue weighted by Crippen LogP contribution is 2.27. The van der Waals surface area contributed by atoms with Crippen molar-refractivity contribution in [3.8, 4) is 16.9 Å². The molecular weight excluding hydrogens is 485 g/mol. The largest absolute Gasteiger partial charge is 0.376 e. The fourth-order valence-corrected chi connectivity index (χ4v) is 3.92. The Bertz CT molecular complexity index is 1420. The van der Waals surface area contributed by atoms with Gasteiger partial charge < -0.3 is 15.4 Å². The highest BCUT2D eigenvalue weighted by Gasteiger charge is 2.22.